The molecule has 2 heteroatoms. The number of nitrogens with one attached hydrogen (secondary N) is 1. The molecule has 0 atom stereocenters. The highest BCUT2D eigenvalue weighted by Crippen LogP contribution is 2.51. The van der Waals surface area contributed by atoms with Crippen molar-refractivity contribution in [3.05, 3.63) is 24.4 Å². The standard InChI is InChI=1S/C12H21NO/c1-5-6-11(13-4)12(7-8-12)9-14-10(2)3/h5-6,10,13H,1,7-9H2,2-4H3/b11-6-. The molecule has 1 saturated carbocycles. The fourth-order valence-electron chi connectivity index (χ4n) is 1.61. The van der Waals surface area contributed by atoms with Crippen molar-refractivity contribution >= 4 is 0 Å². The average molecular weight is 195 g/mol. The Hall–Kier alpha value is -0.760. The van der Waals surface area contributed by atoms with Gasteiger partial charge in [-0.25, -0.2) is 0 Å². The quantitative estimate of drug-likeness (QED) is 0.657. The van der Waals surface area contributed by atoms with Crippen LogP contribution in [-0.2, 0) is 4.74 Å². The van der Waals surface area contributed by atoms with Crippen molar-refractivity contribution in [3.63, 3.8) is 0 Å². The van der Waals surface area contributed by atoms with Crippen LogP contribution in [0.15, 0.2) is 24.4 Å². The zero-order valence-electron chi connectivity index (χ0n) is 9.47. The largest absolute Gasteiger partial charge is 0.391 e. The zero-order chi connectivity index (χ0) is 10.6. The Morgan fingerprint density at radius 3 is 2.57 bits per heavy atom. The topological polar surface area (TPSA) is 21.3 Å². The second-order valence-corrected chi connectivity index (χ2v) is 4.21. The van der Waals surface area contributed by atoms with Crippen LogP contribution in [0.2, 0.25) is 0 Å². The van der Waals surface area contributed by atoms with E-state index in [4.69, 9.17) is 4.74 Å². The molecule has 0 radical (unpaired) electrons. The minimum Gasteiger partial charge on any atom is -0.391 e. The zero-order valence-corrected chi connectivity index (χ0v) is 9.47. The lowest BCUT2D eigenvalue weighted by Crippen LogP contribution is -2.23. The molecule has 1 aliphatic rings. The molecule has 2 nitrogen and oxygen atoms in total. The number of hydrogen-bond acceptors (Lipinski definition) is 2. The average Bonchev–Trinajstić information content (AvgIpc) is 2.92. The van der Waals surface area contributed by atoms with Crippen LogP contribution in [0, 0.1) is 5.41 Å². The van der Waals surface area contributed by atoms with Crippen LogP contribution in [0.4, 0.5) is 0 Å². The van der Waals surface area contributed by atoms with E-state index >= 15 is 0 Å². The summed E-state index contributed by atoms with van der Waals surface area (Å²) in [6.07, 6.45) is 6.65. The van der Waals surface area contributed by atoms with Crippen molar-refractivity contribution in [1.82, 2.24) is 5.32 Å². The van der Waals surface area contributed by atoms with Gasteiger partial charge < -0.3 is 10.1 Å². The first-order valence-corrected chi connectivity index (χ1v) is 5.27. The molecule has 14 heavy (non-hydrogen) atoms. The van der Waals surface area contributed by atoms with Crippen molar-refractivity contribution in [2.45, 2.75) is 32.8 Å². The third-order valence-electron chi connectivity index (χ3n) is 2.67. The van der Waals surface area contributed by atoms with Crippen LogP contribution in [0.5, 0.6) is 0 Å². The van der Waals surface area contributed by atoms with Crippen molar-refractivity contribution < 1.29 is 4.74 Å². The van der Waals surface area contributed by atoms with Crippen molar-refractivity contribution in [3.8, 4) is 0 Å². The minimum absolute atomic E-state index is 0.257. The maximum atomic E-state index is 5.68. The fraction of sp³-hybridized carbons (Fsp3) is 0.667. The van der Waals surface area contributed by atoms with E-state index in [0.717, 1.165) is 6.61 Å². The number of ether oxygens (including phenoxy) is 1. The molecule has 0 saturated heterocycles. The van der Waals surface area contributed by atoms with Gasteiger partial charge in [-0.05, 0) is 32.8 Å². The molecule has 0 aromatic heterocycles. The van der Waals surface area contributed by atoms with E-state index in [0.29, 0.717) is 6.10 Å². The molecule has 1 aliphatic carbocycles. The number of allylic oxidation sites excluding steroid dienone is 2. The molecule has 0 heterocycles. The van der Waals surface area contributed by atoms with E-state index in [1.807, 2.05) is 13.1 Å². The highest BCUT2D eigenvalue weighted by molar-refractivity contribution is 5.23. The van der Waals surface area contributed by atoms with E-state index in [9.17, 15) is 0 Å². The van der Waals surface area contributed by atoms with Gasteiger partial charge in [0, 0.05) is 18.2 Å². The van der Waals surface area contributed by atoms with Gasteiger partial charge in [-0.1, -0.05) is 12.7 Å². The molecule has 0 bridgehead atoms. The van der Waals surface area contributed by atoms with Gasteiger partial charge in [-0.2, -0.15) is 0 Å². The molecule has 0 aromatic rings. The Balaban J connectivity index is 2.55. The summed E-state index contributed by atoms with van der Waals surface area (Å²) in [5.74, 6) is 0. The lowest BCUT2D eigenvalue weighted by Gasteiger charge is -2.20. The highest BCUT2D eigenvalue weighted by Gasteiger charge is 2.46. The first kappa shape index (κ1) is 11.3. The van der Waals surface area contributed by atoms with Gasteiger partial charge in [0.25, 0.3) is 0 Å². The maximum absolute atomic E-state index is 5.68. The molecule has 1 rings (SSSR count). The molecular formula is C12H21NO. The van der Waals surface area contributed by atoms with Gasteiger partial charge >= 0.3 is 0 Å². The Morgan fingerprint density at radius 1 is 1.57 bits per heavy atom. The van der Waals surface area contributed by atoms with Crippen LogP contribution in [-0.4, -0.2) is 19.8 Å². The van der Waals surface area contributed by atoms with Gasteiger partial charge in [0.2, 0.25) is 0 Å². The summed E-state index contributed by atoms with van der Waals surface area (Å²) < 4.78 is 5.68. The van der Waals surface area contributed by atoms with E-state index in [1.54, 1.807) is 0 Å². The van der Waals surface area contributed by atoms with Crippen molar-refractivity contribution in [2.75, 3.05) is 13.7 Å². The van der Waals surface area contributed by atoms with E-state index < -0.39 is 0 Å². The van der Waals surface area contributed by atoms with Gasteiger partial charge in [0.05, 0.1) is 12.7 Å². The molecular weight excluding hydrogens is 174 g/mol. The lowest BCUT2D eigenvalue weighted by molar-refractivity contribution is 0.0514. The number of hydrogen-bond donors (Lipinski definition) is 1. The SMILES string of the molecule is C=C/C=C(\NC)C1(COC(C)C)CC1. The molecule has 80 valence electrons. The van der Waals surface area contributed by atoms with Gasteiger partial charge in [0.1, 0.15) is 0 Å². The third kappa shape index (κ3) is 2.61. The Labute approximate surface area is 87.0 Å². The monoisotopic (exact) mass is 195 g/mol. The Bertz CT molecular complexity index is 226. The molecule has 0 aliphatic heterocycles. The van der Waals surface area contributed by atoms with Crippen LogP contribution in [0.3, 0.4) is 0 Å². The first-order chi connectivity index (χ1) is 6.64. The third-order valence-corrected chi connectivity index (χ3v) is 2.67. The van der Waals surface area contributed by atoms with Crippen LogP contribution < -0.4 is 5.32 Å². The van der Waals surface area contributed by atoms with Gasteiger partial charge in [-0.3, -0.25) is 0 Å². The van der Waals surface area contributed by atoms with Crippen molar-refractivity contribution in [1.29, 1.82) is 0 Å². The maximum Gasteiger partial charge on any atom is 0.0580 e. The second-order valence-electron chi connectivity index (χ2n) is 4.21. The van der Waals surface area contributed by atoms with Gasteiger partial charge in [0.15, 0.2) is 0 Å². The van der Waals surface area contributed by atoms with Crippen LogP contribution in [0.1, 0.15) is 26.7 Å². The summed E-state index contributed by atoms with van der Waals surface area (Å²) in [7, 11) is 1.96. The predicted octanol–water partition coefficient (Wildman–Crippen LogP) is 2.48. The first-order valence-electron chi connectivity index (χ1n) is 5.27. The summed E-state index contributed by atoms with van der Waals surface area (Å²) in [5, 5.41) is 3.24. The minimum atomic E-state index is 0.257. The van der Waals surface area contributed by atoms with E-state index in [1.165, 1.54) is 18.5 Å². The normalized spacial score (nSPS) is 19.6. The van der Waals surface area contributed by atoms with E-state index in [-0.39, 0.29) is 5.41 Å². The van der Waals surface area contributed by atoms with Crippen LogP contribution >= 0.6 is 0 Å². The summed E-state index contributed by atoms with van der Waals surface area (Å²) >= 11 is 0. The fourth-order valence-corrected chi connectivity index (χ4v) is 1.61. The lowest BCUT2D eigenvalue weighted by atomic mass is 10.0. The summed E-state index contributed by atoms with van der Waals surface area (Å²) in [6, 6.07) is 0. The summed E-state index contributed by atoms with van der Waals surface area (Å²) in [6.45, 7) is 8.70. The smallest absolute Gasteiger partial charge is 0.0580 e. The predicted molar refractivity (Wildman–Crippen MR) is 60.1 cm³/mol. The number of rotatable bonds is 6. The molecule has 0 amide bonds. The second kappa shape index (κ2) is 4.65. The summed E-state index contributed by atoms with van der Waals surface area (Å²) in [4.78, 5) is 0. The Kier molecular flexibility index (Phi) is 3.76. The molecule has 0 spiro atoms. The molecule has 0 unspecified atom stereocenters. The van der Waals surface area contributed by atoms with Crippen molar-refractivity contribution in [2.24, 2.45) is 5.41 Å². The Morgan fingerprint density at radius 2 is 2.21 bits per heavy atom. The van der Waals surface area contributed by atoms with E-state index in [2.05, 4.69) is 31.8 Å². The molecule has 1 fully saturated rings. The highest BCUT2D eigenvalue weighted by atomic mass is 16.5. The van der Waals surface area contributed by atoms with Gasteiger partial charge in [-0.15, -0.1) is 0 Å². The molecule has 1 N–H and O–H groups in total. The van der Waals surface area contributed by atoms with Crippen LogP contribution in [0.25, 0.3) is 0 Å². The molecule has 0 aromatic carbocycles. The summed E-state index contributed by atoms with van der Waals surface area (Å²) in [5.41, 5.74) is 1.51.